The molecule has 3 fully saturated rings. The second-order valence-electron chi connectivity index (χ2n) is 8.76. The zero-order valence-corrected chi connectivity index (χ0v) is 13.7. The molecule has 4 aliphatic carbocycles. The summed E-state index contributed by atoms with van der Waals surface area (Å²) in [7, 11) is 0. The Bertz CT molecular complexity index is 539. The zero-order valence-electron chi connectivity index (χ0n) is 13.7. The molecule has 0 aliphatic heterocycles. The highest BCUT2D eigenvalue weighted by Gasteiger charge is 2.61. The van der Waals surface area contributed by atoms with Gasteiger partial charge in [0.15, 0.2) is 5.78 Å². The van der Waals surface area contributed by atoms with Crippen LogP contribution in [0.3, 0.4) is 0 Å². The van der Waals surface area contributed by atoms with E-state index in [2.05, 4.69) is 13.8 Å². The Morgan fingerprint density at radius 2 is 1.91 bits per heavy atom. The van der Waals surface area contributed by atoms with E-state index in [4.69, 9.17) is 0 Å². The van der Waals surface area contributed by atoms with Gasteiger partial charge in [0.2, 0.25) is 0 Å². The van der Waals surface area contributed by atoms with E-state index in [0.29, 0.717) is 18.3 Å². The summed E-state index contributed by atoms with van der Waals surface area (Å²) in [6, 6.07) is 0. The van der Waals surface area contributed by atoms with E-state index in [0.717, 1.165) is 38.5 Å². The number of carbonyl (C=O) groups excluding carboxylic acids is 1. The van der Waals surface area contributed by atoms with Crippen LogP contribution in [0.25, 0.3) is 0 Å². The van der Waals surface area contributed by atoms with E-state index in [1.807, 2.05) is 6.08 Å². The lowest BCUT2D eigenvalue weighted by molar-refractivity contribution is -0.142. The van der Waals surface area contributed by atoms with Crippen LogP contribution in [-0.2, 0) is 4.79 Å². The Labute approximate surface area is 132 Å². The average molecular weight is 304 g/mol. The normalized spacial score (nSPS) is 54.3. The van der Waals surface area contributed by atoms with E-state index >= 15 is 0 Å². The summed E-state index contributed by atoms with van der Waals surface area (Å²) in [6.45, 7) is 4.46. The first-order chi connectivity index (χ1) is 10.4. The Hall–Kier alpha value is -0.670. The van der Waals surface area contributed by atoms with Gasteiger partial charge in [-0.3, -0.25) is 4.79 Å². The fourth-order valence-corrected chi connectivity index (χ4v) is 6.66. The van der Waals surface area contributed by atoms with E-state index in [-0.39, 0.29) is 34.7 Å². The Morgan fingerprint density at radius 3 is 2.68 bits per heavy atom. The first-order valence-electron chi connectivity index (χ1n) is 8.96. The topological polar surface area (TPSA) is 57.5 Å². The van der Waals surface area contributed by atoms with Crippen molar-refractivity contribution in [3.8, 4) is 0 Å². The number of hydrogen-bond donors (Lipinski definition) is 2. The average Bonchev–Trinajstić information content (AvgIpc) is 2.75. The van der Waals surface area contributed by atoms with Gasteiger partial charge in [0.25, 0.3) is 0 Å². The first kappa shape index (κ1) is 14.9. The highest BCUT2D eigenvalue weighted by molar-refractivity contribution is 5.91. The fraction of sp³-hybridized carbons (Fsp3) is 0.842. The molecule has 122 valence electrons. The van der Waals surface area contributed by atoms with Crippen LogP contribution in [0, 0.1) is 28.6 Å². The van der Waals surface area contributed by atoms with Gasteiger partial charge >= 0.3 is 0 Å². The molecule has 3 saturated carbocycles. The van der Waals surface area contributed by atoms with Gasteiger partial charge in [0.05, 0.1) is 12.2 Å². The summed E-state index contributed by atoms with van der Waals surface area (Å²) >= 11 is 0. The second kappa shape index (κ2) is 4.67. The maximum absolute atomic E-state index is 11.8. The maximum Gasteiger partial charge on any atom is 0.155 e. The minimum absolute atomic E-state index is 0.00881. The molecule has 22 heavy (non-hydrogen) atoms. The highest BCUT2D eigenvalue weighted by Crippen LogP contribution is 2.65. The minimum Gasteiger partial charge on any atom is -0.393 e. The van der Waals surface area contributed by atoms with Gasteiger partial charge in [-0.15, -0.1) is 0 Å². The van der Waals surface area contributed by atoms with Gasteiger partial charge in [0.1, 0.15) is 0 Å². The second-order valence-corrected chi connectivity index (χ2v) is 8.76. The van der Waals surface area contributed by atoms with Gasteiger partial charge in [-0.25, -0.2) is 0 Å². The smallest absolute Gasteiger partial charge is 0.155 e. The Balaban J connectivity index is 1.74. The number of hydrogen-bond acceptors (Lipinski definition) is 3. The third-order valence-electron chi connectivity index (χ3n) is 7.84. The zero-order chi connectivity index (χ0) is 15.7. The van der Waals surface area contributed by atoms with Crippen LogP contribution >= 0.6 is 0 Å². The van der Waals surface area contributed by atoms with Crippen LogP contribution in [0.5, 0.6) is 0 Å². The summed E-state index contributed by atoms with van der Waals surface area (Å²) in [4.78, 5) is 11.8. The van der Waals surface area contributed by atoms with Crippen molar-refractivity contribution in [2.24, 2.45) is 28.6 Å². The quantitative estimate of drug-likeness (QED) is 0.723. The van der Waals surface area contributed by atoms with Crippen molar-refractivity contribution in [2.75, 3.05) is 0 Å². The van der Waals surface area contributed by atoms with Crippen molar-refractivity contribution in [2.45, 2.75) is 71.0 Å². The molecule has 7 atom stereocenters. The van der Waals surface area contributed by atoms with Crippen LogP contribution in [0.15, 0.2) is 11.6 Å². The van der Waals surface area contributed by atoms with E-state index in [9.17, 15) is 15.0 Å². The predicted molar refractivity (Wildman–Crippen MR) is 84.1 cm³/mol. The minimum atomic E-state index is -0.346. The van der Waals surface area contributed by atoms with Crippen molar-refractivity contribution >= 4 is 5.78 Å². The molecule has 3 heteroatoms. The number of carbonyl (C=O) groups is 1. The van der Waals surface area contributed by atoms with Crippen LogP contribution in [0.4, 0.5) is 0 Å². The molecule has 0 amide bonds. The molecule has 0 aromatic carbocycles. The molecule has 0 spiro atoms. The number of aliphatic hydroxyl groups excluding tert-OH is 2. The third kappa shape index (κ3) is 1.78. The molecular weight excluding hydrogens is 276 g/mol. The van der Waals surface area contributed by atoms with Crippen molar-refractivity contribution in [3.05, 3.63) is 11.6 Å². The molecule has 4 aliphatic rings. The summed E-state index contributed by atoms with van der Waals surface area (Å²) < 4.78 is 0. The monoisotopic (exact) mass is 304 g/mol. The summed E-state index contributed by atoms with van der Waals surface area (Å²) in [5.41, 5.74) is 1.17. The lowest BCUT2D eigenvalue weighted by Crippen LogP contribution is -2.57. The van der Waals surface area contributed by atoms with Crippen LogP contribution in [-0.4, -0.2) is 28.2 Å². The van der Waals surface area contributed by atoms with Crippen LogP contribution < -0.4 is 0 Å². The molecule has 0 bridgehead atoms. The number of allylic oxidation sites excluding steroid dienone is 1. The highest BCUT2D eigenvalue weighted by atomic mass is 16.3. The number of rotatable bonds is 0. The van der Waals surface area contributed by atoms with E-state index in [1.54, 1.807) is 0 Å². The molecule has 0 heterocycles. The molecule has 0 radical (unpaired) electrons. The summed E-state index contributed by atoms with van der Waals surface area (Å²) in [6.07, 6.45) is 7.56. The Kier molecular flexibility index (Phi) is 3.16. The molecule has 4 rings (SSSR count). The van der Waals surface area contributed by atoms with Gasteiger partial charge in [0, 0.05) is 6.42 Å². The molecule has 0 aromatic rings. The molecule has 2 N–H and O–H groups in total. The summed E-state index contributed by atoms with van der Waals surface area (Å²) in [5, 5.41) is 21.4. The molecule has 7 unspecified atom stereocenters. The fourth-order valence-electron chi connectivity index (χ4n) is 6.66. The molecular formula is C19H28O3. The molecule has 0 saturated heterocycles. The standard InChI is InChI=1S/C19H28O3/c1-18-8-7-12(20)9-11(18)3-4-13-14-5-6-16(22)19(14,2)10-15(21)17(13)18/h9,13-17,21-22H,3-8,10H2,1-2H3. The summed E-state index contributed by atoms with van der Waals surface area (Å²) in [5.74, 6) is 1.56. The first-order valence-corrected chi connectivity index (χ1v) is 8.96. The van der Waals surface area contributed by atoms with Crippen LogP contribution in [0.2, 0.25) is 0 Å². The third-order valence-corrected chi connectivity index (χ3v) is 7.84. The van der Waals surface area contributed by atoms with Gasteiger partial charge < -0.3 is 10.2 Å². The lowest BCUT2D eigenvalue weighted by atomic mass is 9.46. The van der Waals surface area contributed by atoms with Gasteiger partial charge in [-0.1, -0.05) is 19.4 Å². The van der Waals surface area contributed by atoms with Crippen molar-refractivity contribution in [1.82, 2.24) is 0 Å². The van der Waals surface area contributed by atoms with Crippen molar-refractivity contribution < 1.29 is 15.0 Å². The Morgan fingerprint density at radius 1 is 1.14 bits per heavy atom. The van der Waals surface area contributed by atoms with Crippen LogP contribution in [0.1, 0.15) is 58.8 Å². The largest absolute Gasteiger partial charge is 0.393 e. The maximum atomic E-state index is 11.8. The van der Waals surface area contributed by atoms with Gasteiger partial charge in [-0.2, -0.15) is 0 Å². The van der Waals surface area contributed by atoms with Crippen molar-refractivity contribution in [1.29, 1.82) is 0 Å². The molecule has 0 aromatic heterocycles. The number of ketones is 1. The van der Waals surface area contributed by atoms with Crippen molar-refractivity contribution in [3.63, 3.8) is 0 Å². The SMILES string of the molecule is CC12CCC(=O)C=C1CCC1C2C(O)CC2(C)C(O)CCC12. The van der Waals surface area contributed by atoms with Gasteiger partial charge in [-0.05, 0) is 73.2 Å². The van der Waals surface area contributed by atoms with E-state index < -0.39 is 0 Å². The van der Waals surface area contributed by atoms with E-state index in [1.165, 1.54) is 5.57 Å². The number of fused-ring (bicyclic) bond motifs is 5. The molecule has 3 nitrogen and oxygen atoms in total. The predicted octanol–water partition coefficient (Wildman–Crippen LogP) is 2.85. The lowest BCUT2D eigenvalue weighted by Gasteiger charge is -2.59. The number of aliphatic hydroxyl groups is 2.